The number of amides is 2. The van der Waals surface area contributed by atoms with Crippen molar-refractivity contribution < 1.29 is 19.1 Å². The number of thioether (sulfide) groups is 1. The zero-order chi connectivity index (χ0) is 26.1. The highest BCUT2D eigenvalue weighted by Gasteiger charge is 2.42. The molecule has 8 nitrogen and oxygen atoms in total. The fraction of sp³-hybridized carbons (Fsp3) is 0.481. The molecule has 9 heteroatoms. The maximum Gasteiger partial charge on any atom is 0.338 e. The largest absolute Gasteiger partial charge is 0.459 e. The summed E-state index contributed by atoms with van der Waals surface area (Å²) in [7, 11) is 0. The quantitative estimate of drug-likeness (QED) is 0.559. The van der Waals surface area contributed by atoms with Gasteiger partial charge in [0.2, 0.25) is 11.8 Å². The van der Waals surface area contributed by atoms with E-state index in [1.54, 1.807) is 11.8 Å². The molecule has 1 aromatic rings. The summed E-state index contributed by atoms with van der Waals surface area (Å²) in [6.45, 7) is 13.3. The normalized spacial score (nSPS) is 19.9. The molecule has 0 unspecified atom stereocenters. The monoisotopic (exact) mass is 510 g/mol. The number of fused-ring (bicyclic) bond motifs is 1. The summed E-state index contributed by atoms with van der Waals surface area (Å²) in [5, 5.41) is 2.71. The first kappa shape index (κ1) is 26.0. The van der Waals surface area contributed by atoms with Crippen LogP contribution in [-0.4, -0.2) is 69.9 Å². The van der Waals surface area contributed by atoms with E-state index in [9.17, 15) is 14.4 Å². The van der Waals surface area contributed by atoms with Gasteiger partial charge in [0, 0.05) is 38.8 Å². The van der Waals surface area contributed by atoms with E-state index < -0.39 is 12.0 Å². The van der Waals surface area contributed by atoms with E-state index in [-0.39, 0.29) is 24.3 Å². The standard InChI is InChI=1S/C27H34N4O4S/c1-16(2)35-26(34)24-19(5)28-27-31(25(24)22-8-7-17(3)13-18(22)4)21(15-36-27)14-23(33)30-11-9-29(10-12-30)20(6)32/h7-8,13,15-16,25H,9-12,14H2,1-6H3/t25-/m1/s1. The van der Waals surface area contributed by atoms with E-state index in [4.69, 9.17) is 9.73 Å². The Balaban J connectivity index is 1.65. The molecular weight excluding hydrogens is 476 g/mol. The van der Waals surface area contributed by atoms with Gasteiger partial charge < -0.3 is 19.4 Å². The van der Waals surface area contributed by atoms with E-state index >= 15 is 0 Å². The molecular formula is C27H34N4O4S. The van der Waals surface area contributed by atoms with E-state index in [1.807, 2.05) is 55.9 Å². The van der Waals surface area contributed by atoms with Crippen LogP contribution in [0, 0.1) is 13.8 Å². The second-order valence-corrected chi connectivity index (χ2v) is 10.6. The van der Waals surface area contributed by atoms with Crippen LogP contribution in [0.3, 0.4) is 0 Å². The SMILES string of the molecule is CC(=O)N1CCN(C(=O)CC2=CSC3=NC(C)=C(C(=O)OC(C)C)[C@@H](c4ccc(C)cc4C)N23)CC1. The van der Waals surface area contributed by atoms with Crippen LogP contribution in [0.1, 0.15) is 56.8 Å². The van der Waals surface area contributed by atoms with Crippen molar-refractivity contribution >= 4 is 34.7 Å². The molecule has 0 aromatic heterocycles. The van der Waals surface area contributed by atoms with Crippen molar-refractivity contribution in [2.24, 2.45) is 4.99 Å². The number of carbonyl (C=O) groups is 3. The van der Waals surface area contributed by atoms with Crippen molar-refractivity contribution in [1.29, 1.82) is 0 Å². The number of aryl methyl sites for hydroxylation is 2. The van der Waals surface area contributed by atoms with E-state index in [0.717, 1.165) is 27.6 Å². The molecule has 1 aromatic carbocycles. The summed E-state index contributed by atoms with van der Waals surface area (Å²) >= 11 is 1.47. The molecule has 1 atom stereocenters. The van der Waals surface area contributed by atoms with Gasteiger partial charge in [-0.05, 0) is 51.2 Å². The lowest BCUT2D eigenvalue weighted by atomic mass is 9.90. The molecule has 0 spiro atoms. The highest BCUT2D eigenvalue weighted by Crippen LogP contribution is 2.45. The Kier molecular flexibility index (Phi) is 7.59. The maximum atomic E-state index is 13.3. The first-order valence-corrected chi connectivity index (χ1v) is 13.2. The van der Waals surface area contributed by atoms with E-state index in [1.165, 1.54) is 11.8 Å². The predicted molar refractivity (Wildman–Crippen MR) is 141 cm³/mol. The molecule has 3 heterocycles. The third-order valence-electron chi connectivity index (χ3n) is 6.69. The number of nitrogens with zero attached hydrogens (tertiary/aromatic N) is 4. The Morgan fingerprint density at radius 1 is 1.08 bits per heavy atom. The molecule has 0 N–H and O–H groups in total. The topological polar surface area (TPSA) is 82.5 Å². The van der Waals surface area contributed by atoms with Gasteiger partial charge in [-0.3, -0.25) is 9.59 Å². The number of carbonyl (C=O) groups excluding carboxylic acids is 3. The van der Waals surface area contributed by atoms with Gasteiger partial charge in [-0.2, -0.15) is 0 Å². The fourth-order valence-electron chi connectivity index (χ4n) is 4.87. The molecule has 4 rings (SSSR count). The number of rotatable bonds is 5. The summed E-state index contributed by atoms with van der Waals surface area (Å²) in [6, 6.07) is 5.76. The summed E-state index contributed by atoms with van der Waals surface area (Å²) in [5.41, 5.74) is 5.12. The highest BCUT2D eigenvalue weighted by atomic mass is 32.2. The van der Waals surface area contributed by atoms with Crippen LogP contribution < -0.4 is 0 Å². The first-order chi connectivity index (χ1) is 17.1. The fourth-order valence-corrected chi connectivity index (χ4v) is 5.84. The molecule has 1 saturated heterocycles. The van der Waals surface area contributed by atoms with Crippen molar-refractivity contribution in [3.63, 3.8) is 0 Å². The second kappa shape index (κ2) is 10.5. The molecule has 0 radical (unpaired) electrons. The number of benzene rings is 1. The smallest absolute Gasteiger partial charge is 0.338 e. The summed E-state index contributed by atoms with van der Waals surface area (Å²) in [5.74, 6) is -0.355. The predicted octanol–water partition coefficient (Wildman–Crippen LogP) is 3.91. The number of ether oxygens (including phenoxy) is 1. The Labute approximate surface area is 217 Å². The third kappa shape index (κ3) is 5.21. The molecule has 3 aliphatic rings. The van der Waals surface area contributed by atoms with Crippen molar-refractivity contribution in [2.45, 2.75) is 60.1 Å². The van der Waals surface area contributed by atoms with Gasteiger partial charge in [-0.25, -0.2) is 9.79 Å². The number of hydrogen-bond acceptors (Lipinski definition) is 7. The zero-order valence-electron chi connectivity index (χ0n) is 21.8. The van der Waals surface area contributed by atoms with Crippen molar-refractivity contribution in [2.75, 3.05) is 26.2 Å². The van der Waals surface area contributed by atoms with Gasteiger partial charge in [0.25, 0.3) is 0 Å². The van der Waals surface area contributed by atoms with Crippen molar-refractivity contribution in [3.8, 4) is 0 Å². The van der Waals surface area contributed by atoms with Gasteiger partial charge in [-0.1, -0.05) is 35.5 Å². The Hall–Kier alpha value is -3.07. The maximum absolute atomic E-state index is 13.3. The summed E-state index contributed by atoms with van der Waals surface area (Å²) in [4.78, 5) is 48.6. The number of esters is 1. The minimum absolute atomic E-state index is 0.00302. The van der Waals surface area contributed by atoms with Gasteiger partial charge >= 0.3 is 5.97 Å². The molecule has 0 bridgehead atoms. The average molecular weight is 511 g/mol. The molecule has 0 aliphatic carbocycles. The average Bonchev–Trinajstić information content (AvgIpc) is 3.19. The van der Waals surface area contributed by atoms with E-state index in [2.05, 4.69) is 12.1 Å². The second-order valence-electron chi connectivity index (χ2n) is 9.77. The van der Waals surface area contributed by atoms with Crippen molar-refractivity contribution in [3.05, 3.63) is 57.3 Å². The molecule has 36 heavy (non-hydrogen) atoms. The lowest BCUT2D eigenvalue weighted by Crippen LogP contribution is -2.50. The Bertz CT molecular complexity index is 1180. The Morgan fingerprint density at radius 3 is 2.36 bits per heavy atom. The number of piperazine rings is 1. The number of hydrogen-bond donors (Lipinski definition) is 0. The van der Waals surface area contributed by atoms with Crippen molar-refractivity contribution in [1.82, 2.24) is 14.7 Å². The van der Waals surface area contributed by atoms with Gasteiger partial charge in [0.15, 0.2) is 5.17 Å². The molecule has 2 amide bonds. The highest BCUT2D eigenvalue weighted by molar-refractivity contribution is 8.16. The van der Waals surface area contributed by atoms with Gasteiger partial charge in [0.1, 0.15) is 0 Å². The minimum atomic E-state index is -0.437. The van der Waals surface area contributed by atoms with Gasteiger partial charge in [-0.15, -0.1) is 0 Å². The Morgan fingerprint density at radius 2 is 1.75 bits per heavy atom. The van der Waals surface area contributed by atoms with Crippen LogP contribution in [0.15, 0.2) is 45.6 Å². The third-order valence-corrected chi connectivity index (χ3v) is 7.58. The van der Waals surface area contributed by atoms with Crippen LogP contribution in [0.5, 0.6) is 0 Å². The summed E-state index contributed by atoms with van der Waals surface area (Å²) in [6.07, 6.45) is -0.0693. The first-order valence-electron chi connectivity index (χ1n) is 12.3. The molecule has 3 aliphatic heterocycles. The van der Waals surface area contributed by atoms with Crippen LogP contribution in [-0.2, 0) is 19.1 Å². The number of allylic oxidation sites excluding steroid dienone is 1. The lowest BCUT2D eigenvalue weighted by molar-refractivity contribution is -0.143. The summed E-state index contributed by atoms with van der Waals surface area (Å²) < 4.78 is 5.64. The number of aliphatic imine (C=N–C) groups is 1. The number of amidine groups is 1. The molecule has 192 valence electrons. The van der Waals surface area contributed by atoms with Crippen LogP contribution in [0.2, 0.25) is 0 Å². The lowest BCUT2D eigenvalue weighted by Gasteiger charge is -2.38. The zero-order valence-corrected chi connectivity index (χ0v) is 22.6. The van der Waals surface area contributed by atoms with Crippen LogP contribution >= 0.6 is 11.8 Å². The van der Waals surface area contributed by atoms with Crippen LogP contribution in [0.4, 0.5) is 0 Å². The molecule has 1 fully saturated rings. The molecule has 0 saturated carbocycles. The van der Waals surface area contributed by atoms with Gasteiger partial charge in [0.05, 0.1) is 29.8 Å². The van der Waals surface area contributed by atoms with E-state index in [0.29, 0.717) is 37.4 Å². The van der Waals surface area contributed by atoms with Crippen LogP contribution in [0.25, 0.3) is 0 Å². The minimum Gasteiger partial charge on any atom is -0.459 e.